The summed E-state index contributed by atoms with van der Waals surface area (Å²) in [7, 11) is 0. The highest BCUT2D eigenvalue weighted by Gasteiger charge is 2.20. The molecule has 0 bridgehead atoms. The lowest BCUT2D eigenvalue weighted by atomic mass is 10.1. The van der Waals surface area contributed by atoms with Crippen molar-refractivity contribution < 1.29 is 4.74 Å². The Hall–Kier alpha value is 0.0900. The molecule has 1 N–H and O–H groups in total. The summed E-state index contributed by atoms with van der Waals surface area (Å²) < 4.78 is 6.52. The highest BCUT2D eigenvalue weighted by Crippen LogP contribution is 2.27. The predicted molar refractivity (Wildman–Crippen MR) is 63.5 cm³/mol. The first kappa shape index (κ1) is 10.6. The van der Waals surface area contributed by atoms with E-state index >= 15 is 0 Å². The van der Waals surface area contributed by atoms with Crippen molar-refractivity contribution in [3.63, 3.8) is 0 Å². The Kier molecular flexibility index (Phi) is 3.59. The molecular formula is C9H10ClIN2O. The minimum Gasteiger partial charge on any atom is -0.378 e. The molecule has 1 aromatic rings. The number of halogens is 2. The van der Waals surface area contributed by atoms with Crippen molar-refractivity contribution in [3.05, 3.63) is 26.5 Å². The Morgan fingerprint density at radius 1 is 1.64 bits per heavy atom. The monoisotopic (exact) mass is 324 g/mol. The van der Waals surface area contributed by atoms with Gasteiger partial charge in [-0.05, 0) is 28.7 Å². The van der Waals surface area contributed by atoms with Gasteiger partial charge < -0.3 is 10.1 Å². The smallest absolute Gasteiger partial charge is 0.134 e. The summed E-state index contributed by atoms with van der Waals surface area (Å²) in [5.74, 6) is 0. The summed E-state index contributed by atoms with van der Waals surface area (Å²) in [6.07, 6.45) is 1.72. The van der Waals surface area contributed by atoms with Gasteiger partial charge in [-0.15, -0.1) is 0 Å². The van der Waals surface area contributed by atoms with Gasteiger partial charge in [0.2, 0.25) is 0 Å². The van der Waals surface area contributed by atoms with Gasteiger partial charge in [0, 0.05) is 21.9 Å². The van der Waals surface area contributed by atoms with Gasteiger partial charge in [-0.25, -0.2) is 4.98 Å². The number of nitrogens with one attached hydrogen (secondary N) is 1. The summed E-state index contributed by atoms with van der Waals surface area (Å²) in [6.45, 7) is 2.30. The van der Waals surface area contributed by atoms with Crippen LogP contribution in [0.5, 0.6) is 0 Å². The number of pyridine rings is 1. The van der Waals surface area contributed by atoms with E-state index in [-0.39, 0.29) is 6.04 Å². The molecule has 2 rings (SSSR count). The van der Waals surface area contributed by atoms with Gasteiger partial charge in [-0.3, -0.25) is 0 Å². The fourth-order valence-electron chi connectivity index (χ4n) is 1.49. The molecule has 14 heavy (non-hydrogen) atoms. The van der Waals surface area contributed by atoms with E-state index in [1.54, 1.807) is 6.20 Å². The van der Waals surface area contributed by atoms with Crippen molar-refractivity contribution in [2.75, 3.05) is 19.8 Å². The Labute approximate surface area is 101 Å². The fraction of sp³-hybridized carbons (Fsp3) is 0.444. The van der Waals surface area contributed by atoms with E-state index in [0.29, 0.717) is 11.8 Å². The Morgan fingerprint density at radius 3 is 3.14 bits per heavy atom. The molecule has 2 heterocycles. The molecule has 1 fully saturated rings. The lowest BCUT2D eigenvalue weighted by Gasteiger charge is -2.25. The number of nitrogens with zero attached hydrogens (tertiary/aromatic N) is 1. The average molecular weight is 325 g/mol. The molecule has 1 aromatic heterocycles. The maximum absolute atomic E-state index is 6.05. The van der Waals surface area contributed by atoms with Gasteiger partial charge in [0.25, 0.3) is 0 Å². The number of hydrogen-bond acceptors (Lipinski definition) is 3. The van der Waals surface area contributed by atoms with E-state index < -0.39 is 0 Å². The third-order valence-corrected chi connectivity index (χ3v) is 3.40. The second kappa shape index (κ2) is 4.74. The summed E-state index contributed by atoms with van der Waals surface area (Å²) in [5, 5.41) is 3.93. The van der Waals surface area contributed by atoms with Crippen LogP contribution in [0.2, 0.25) is 5.15 Å². The van der Waals surface area contributed by atoms with Crippen LogP contribution in [0.3, 0.4) is 0 Å². The highest BCUT2D eigenvalue weighted by molar-refractivity contribution is 14.1. The van der Waals surface area contributed by atoms with E-state index in [1.807, 2.05) is 6.07 Å². The molecule has 3 nitrogen and oxygen atoms in total. The van der Waals surface area contributed by atoms with E-state index in [2.05, 4.69) is 32.9 Å². The first-order valence-corrected chi connectivity index (χ1v) is 5.85. The summed E-state index contributed by atoms with van der Waals surface area (Å²) in [4.78, 5) is 4.08. The van der Waals surface area contributed by atoms with Crippen molar-refractivity contribution in [2.24, 2.45) is 0 Å². The third-order valence-electron chi connectivity index (χ3n) is 2.16. The molecule has 1 atom stereocenters. The molecule has 0 aliphatic carbocycles. The van der Waals surface area contributed by atoms with E-state index in [0.717, 1.165) is 22.3 Å². The third kappa shape index (κ3) is 2.18. The molecule has 0 radical (unpaired) electrons. The molecular weight excluding hydrogens is 314 g/mol. The fourth-order valence-corrected chi connectivity index (χ4v) is 2.73. The Morgan fingerprint density at radius 2 is 2.50 bits per heavy atom. The second-order valence-electron chi connectivity index (χ2n) is 3.08. The van der Waals surface area contributed by atoms with Crippen molar-refractivity contribution in [2.45, 2.75) is 6.04 Å². The Bertz CT molecular complexity index is 308. The molecule has 0 amide bonds. The average Bonchev–Trinajstić information content (AvgIpc) is 2.19. The predicted octanol–water partition coefficient (Wildman–Crippen LogP) is 2.00. The van der Waals surface area contributed by atoms with Crippen LogP contribution < -0.4 is 5.32 Å². The van der Waals surface area contributed by atoms with Crippen molar-refractivity contribution in [1.82, 2.24) is 10.3 Å². The van der Waals surface area contributed by atoms with Crippen molar-refractivity contribution >= 4 is 34.2 Å². The number of hydrogen-bond donors (Lipinski definition) is 1. The van der Waals surface area contributed by atoms with Crippen LogP contribution in [0, 0.1) is 3.57 Å². The minimum absolute atomic E-state index is 0.178. The molecule has 1 aliphatic rings. The maximum atomic E-state index is 6.05. The molecule has 1 aliphatic heterocycles. The van der Waals surface area contributed by atoms with E-state index in [1.165, 1.54) is 0 Å². The van der Waals surface area contributed by atoms with Crippen molar-refractivity contribution in [3.8, 4) is 0 Å². The maximum Gasteiger partial charge on any atom is 0.134 e. The van der Waals surface area contributed by atoms with Gasteiger partial charge >= 0.3 is 0 Å². The van der Waals surface area contributed by atoms with Crippen LogP contribution in [0.4, 0.5) is 0 Å². The number of ether oxygens (including phenoxy) is 1. The van der Waals surface area contributed by atoms with Crippen LogP contribution in [0.1, 0.15) is 11.6 Å². The molecule has 0 unspecified atom stereocenters. The van der Waals surface area contributed by atoms with Crippen LogP contribution in [-0.4, -0.2) is 24.7 Å². The molecule has 1 saturated heterocycles. The molecule has 0 aromatic carbocycles. The molecule has 0 spiro atoms. The van der Waals surface area contributed by atoms with Crippen LogP contribution in [0.25, 0.3) is 0 Å². The minimum atomic E-state index is 0.178. The van der Waals surface area contributed by atoms with Gasteiger partial charge in [0.15, 0.2) is 0 Å². The van der Waals surface area contributed by atoms with Crippen LogP contribution >= 0.6 is 34.2 Å². The largest absolute Gasteiger partial charge is 0.378 e. The molecule has 76 valence electrons. The summed E-state index contributed by atoms with van der Waals surface area (Å²) in [5.41, 5.74) is 1.05. The lowest BCUT2D eigenvalue weighted by molar-refractivity contribution is 0.0766. The Balaban J connectivity index is 2.29. The van der Waals surface area contributed by atoms with Crippen molar-refractivity contribution in [1.29, 1.82) is 0 Å². The van der Waals surface area contributed by atoms with Gasteiger partial charge in [0.05, 0.1) is 19.3 Å². The lowest BCUT2D eigenvalue weighted by Crippen LogP contribution is -2.35. The zero-order chi connectivity index (χ0) is 9.97. The highest BCUT2D eigenvalue weighted by atomic mass is 127. The summed E-state index contributed by atoms with van der Waals surface area (Å²) in [6, 6.07) is 2.13. The number of morpholine rings is 1. The van der Waals surface area contributed by atoms with Gasteiger partial charge in [-0.2, -0.15) is 0 Å². The first-order valence-electron chi connectivity index (χ1n) is 4.40. The van der Waals surface area contributed by atoms with Gasteiger partial charge in [0.1, 0.15) is 5.15 Å². The topological polar surface area (TPSA) is 34.1 Å². The van der Waals surface area contributed by atoms with Gasteiger partial charge in [-0.1, -0.05) is 11.6 Å². The quantitative estimate of drug-likeness (QED) is 0.634. The standard InChI is InChI=1S/C9H10ClIN2O/c10-9-8(6(11)1-2-13-9)7-5-14-4-3-12-7/h1-2,7,12H,3-5H2/t7-/m1/s1. The summed E-state index contributed by atoms with van der Waals surface area (Å²) >= 11 is 8.32. The second-order valence-corrected chi connectivity index (χ2v) is 4.60. The first-order chi connectivity index (χ1) is 6.79. The molecule has 5 heteroatoms. The van der Waals surface area contributed by atoms with E-state index in [9.17, 15) is 0 Å². The number of rotatable bonds is 1. The zero-order valence-electron chi connectivity index (χ0n) is 7.46. The normalized spacial score (nSPS) is 22.3. The number of aromatic nitrogens is 1. The van der Waals surface area contributed by atoms with Crippen LogP contribution in [0.15, 0.2) is 12.3 Å². The zero-order valence-corrected chi connectivity index (χ0v) is 10.4. The van der Waals surface area contributed by atoms with Crippen LogP contribution in [-0.2, 0) is 4.74 Å². The SMILES string of the molecule is Clc1nccc(I)c1[C@H]1COCCN1. The van der Waals surface area contributed by atoms with E-state index in [4.69, 9.17) is 16.3 Å². The molecule has 0 saturated carbocycles.